The SMILES string of the molecule is O=C(Nc1ccc(F)cc1Br)c1ccc([N+](=O)[O-])cc1. The lowest BCUT2D eigenvalue weighted by molar-refractivity contribution is -0.384. The van der Waals surface area contributed by atoms with Gasteiger partial charge in [0.2, 0.25) is 0 Å². The van der Waals surface area contributed by atoms with E-state index in [1.807, 2.05) is 0 Å². The molecule has 7 heteroatoms. The predicted molar refractivity (Wildman–Crippen MR) is 75.1 cm³/mol. The zero-order chi connectivity index (χ0) is 14.7. The third kappa shape index (κ3) is 3.18. The quantitative estimate of drug-likeness (QED) is 0.684. The zero-order valence-corrected chi connectivity index (χ0v) is 11.6. The van der Waals surface area contributed by atoms with E-state index >= 15 is 0 Å². The standard InChI is InChI=1S/C13H8BrFN2O3/c14-11-7-9(15)3-6-12(11)16-13(18)8-1-4-10(5-2-8)17(19)20/h1-7H,(H,16,18). The van der Waals surface area contributed by atoms with Gasteiger partial charge in [0.05, 0.1) is 10.6 Å². The van der Waals surface area contributed by atoms with Gasteiger partial charge in [-0.3, -0.25) is 14.9 Å². The van der Waals surface area contributed by atoms with E-state index in [0.717, 1.165) is 0 Å². The van der Waals surface area contributed by atoms with Crippen LogP contribution in [0.15, 0.2) is 46.9 Å². The van der Waals surface area contributed by atoms with E-state index in [1.54, 1.807) is 0 Å². The summed E-state index contributed by atoms with van der Waals surface area (Å²) in [6, 6.07) is 9.06. The molecule has 0 aromatic heterocycles. The molecule has 0 unspecified atom stereocenters. The largest absolute Gasteiger partial charge is 0.321 e. The summed E-state index contributed by atoms with van der Waals surface area (Å²) in [7, 11) is 0. The second kappa shape index (κ2) is 5.79. The van der Waals surface area contributed by atoms with Crippen molar-refractivity contribution in [2.24, 2.45) is 0 Å². The zero-order valence-electron chi connectivity index (χ0n) is 9.97. The minimum absolute atomic E-state index is 0.0930. The smallest absolute Gasteiger partial charge is 0.269 e. The lowest BCUT2D eigenvalue weighted by Gasteiger charge is -2.07. The van der Waals surface area contributed by atoms with Crippen molar-refractivity contribution in [3.05, 3.63) is 68.4 Å². The summed E-state index contributed by atoms with van der Waals surface area (Å²) >= 11 is 3.13. The van der Waals surface area contributed by atoms with Gasteiger partial charge >= 0.3 is 0 Å². The van der Waals surface area contributed by atoms with Crippen molar-refractivity contribution in [1.82, 2.24) is 0 Å². The van der Waals surface area contributed by atoms with Crippen molar-refractivity contribution in [2.75, 3.05) is 5.32 Å². The number of nitro groups is 1. The van der Waals surface area contributed by atoms with Gasteiger partial charge in [-0.2, -0.15) is 0 Å². The molecule has 5 nitrogen and oxygen atoms in total. The number of halogens is 2. The summed E-state index contributed by atoms with van der Waals surface area (Å²) in [6.07, 6.45) is 0. The molecular weight excluding hydrogens is 331 g/mol. The first kappa shape index (κ1) is 14.1. The maximum Gasteiger partial charge on any atom is 0.269 e. The Morgan fingerprint density at radius 1 is 1.20 bits per heavy atom. The van der Waals surface area contributed by atoms with Gasteiger partial charge < -0.3 is 5.32 Å². The van der Waals surface area contributed by atoms with Gasteiger partial charge in [0.1, 0.15) is 5.82 Å². The summed E-state index contributed by atoms with van der Waals surface area (Å²) in [4.78, 5) is 21.9. The maximum absolute atomic E-state index is 12.9. The summed E-state index contributed by atoms with van der Waals surface area (Å²) < 4.78 is 13.3. The van der Waals surface area contributed by atoms with Crippen LogP contribution in [0.3, 0.4) is 0 Å². The molecule has 20 heavy (non-hydrogen) atoms. The Hall–Kier alpha value is -2.28. The lowest BCUT2D eigenvalue weighted by atomic mass is 10.2. The molecule has 1 N–H and O–H groups in total. The third-order valence-electron chi connectivity index (χ3n) is 2.52. The van der Waals surface area contributed by atoms with E-state index in [1.165, 1.54) is 42.5 Å². The molecule has 0 aliphatic rings. The van der Waals surface area contributed by atoms with E-state index in [4.69, 9.17) is 0 Å². The number of hydrogen-bond donors (Lipinski definition) is 1. The monoisotopic (exact) mass is 338 g/mol. The Bertz CT molecular complexity index is 674. The first-order valence-corrected chi connectivity index (χ1v) is 6.27. The van der Waals surface area contributed by atoms with E-state index in [9.17, 15) is 19.3 Å². The molecule has 0 spiro atoms. The number of carbonyl (C=O) groups is 1. The van der Waals surface area contributed by atoms with Crippen molar-refractivity contribution >= 4 is 33.2 Å². The maximum atomic E-state index is 12.9. The first-order chi connectivity index (χ1) is 9.47. The van der Waals surface area contributed by atoms with Crippen molar-refractivity contribution in [3.63, 3.8) is 0 Å². The lowest BCUT2D eigenvalue weighted by Crippen LogP contribution is -2.12. The molecular formula is C13H8BrFN2O3. The highest BCUT2D eigenvalue weighted by Gasteiger charge is 2.11. The van der Waals surface area contributed by atoms with Gasteiger partial charge in [-0.1, -0.05) is 0 Å². The summed E-state index contributed by atoms with van der Waals surface area (Å²) in [5, 5.41) is 13.1. The Kier molecular flexibility index (Phi) is 4.09. The van der Waals surface area contributed by atoms with Crippen LogP contribution in [0.2, 0.25) is 0 Å². The van der Waals surface area contributed by atoms with Gasteiger partial charge in [-0.25, -0.2) is 4.39 Å². The van der Waals surface area contributed by atoms with E-state index in [0.29, 0.717) is 10.2 Å². The fourth-order valence-electron chi connectivity index (χ4n) is 1.52. The van der Waals surface area contributed by atoms with Gasteiger partial charge in [-0.05, 0) is 46.3 Å². The van der Waals surface area contributed by atoms with Crippen LogP contribution in [-0.2, 0) is 0 Å². The normalized spacial score (nSPS) is 10.1. The summed E-state index contributed by atoms with van der Waals surface area (Å²) in [6.45, 7) is 0. The minimum Gasteiger partial charge on any atom is -0.321 e. The Labute approximate surface area is 121 Å². The van der Waals surface area contributed by atoms with Crippen molar-refractivity contribution in [1.29, 1.82) is 0 Å². The van der Waals surface area contributed by atoms with Crippen LogP contribution in [0.25, 0.3) is 0 Å². The number of hydrogen-bond acceptors (Lipinski definition) is 3. The van der Waals surface area contributed by atoms with Crippen molar-refractivity contribution in [3.8, 4) is 0 Å². The number of rotatable bonds is 3. The average Bonchev–Trinajstić information content (AvgIpc) is 2.42. The number of carbonyl (C=O) groups excluding carboxylic acids is 1. The van der Waals surface area contributed by atoms with Gasteiger partial charge in [0.15, 0.2) is 0 Å². The van der Waals surface area contributed by atoms with Gasteiger partial charge in [0.25, 0.3) is 11.6 Å². The van der Waals surface area contributed by atoms with Crippen LogP contribution < -0.4 is 5.32 Å². The molecule has 0 fully saturated rings. The molecule has 0 bridgehead atoms. The summed E-state index contributed by atoms with van der Waals surface area (Å²) in [5.74, 6) is -0.864. The highest BCUT2D eigenvalue weighted by atomic mass is 79.9. The summed E-state index contributed by atoms with van der Waals surface area (Å²) in [5.41, 5.74) is 0.589. The molecule has 102 valence electrons. The number of amides is 1. The molecule has 0 heterocycles. The van der Waals surface area contributed by atoms with Crippen LogP contribution in [0, 0.1) is 15.9 Å². The number of nitrogens with one attached hydrogen (secondary N) is 1. The fourth-order valence-corrected chi connectivity index (χ4v) is 1.97. The molecule has 0 aliphatic carbocycles. The predicted octanol–water partition coefficient (Wildman–Crippen LogP) is 3.75. The Balaban J connectivity index is 2.17. The van der Waals surface area contributed by atoms with Gasteiger partial charge in [0, 0.05) is 22.2 Å². The van der Waals surface area contributed by atoms with Crippen LogP contribution in [0.5, 0.6) is 0 Å². The molecule has 2 aromatic carbocycles. The van der Waals surface area contributed by atoms with Crippen LogP contribution >= 0.6 is 15.9 Å². The highest BCUT2D eigenvalue weighted by Crippen LogP contribution is 2.23. The number of anilines is 1. The molecule has 1 amide bonds. The number of nitro benzene ring substituents is 1. The van der Waals surface area contributed by atoms with Crippen LogP contribution in [0.4, 0.5) is 15.8 Å². The van der Waals surface area contributed by atoms with Crippen LogP contribution in [-0.4, -0.2) is 10.8 Å². The first-order valence-electron chi connectivity index (χ1n) is 5.48. The topological polar surface area (TPSA) is 72.2 Å². The number of non-ortho nitro benzene ring substituents is 1. The van der Waals surface area contributed by atoms with Crippen molar-refractivity contribution < 1.29 is 14.1 Å². The molecule has 2 aromatic rings. The third-order valence-corrected chi connectivity index (χ3v) is 3.18. The molecule has 0 radical (unpaired) electrons. The number of nitrogens with zero attached hydrogens (tertiary/aromatic N) is 1. The van der Waals surface area contributed by atoms with E-state index < -0.39 is 16.6 Å². The molecule has 0 saturated heterocycles. The Morgan fingerprint density at radius 3 is 2.40 bits per heavy atom. The minimum atomic E-state index is -0.543. The second-order valence-electron chi connectivity index (χ2n) is 3.88. The molecule has 0 atom stereocenters. The highest BCUT2D eigenvalue weighted by molar-refractivity contribution is 9.10. The molecule has 0 aliphatic heterocycles. The molecule has 2 rings (SSSR count). The van der Waals surface area contributed by atoms with Crippen molar-refractivity contribution in [2.45, 2.75) is 0 Å². The fraction of sp³-hybridized carbons (Fsp3) is 0. The second-order valence-corrected chi connectivity index (χ2v) is 4.74. The molecule has 0 saturated carbocycles. The average molecular weight is 339 g/mol. The van der Waals surface area contributed by atoms with Gasteiger partial charge in [-0.15, -0.1) is 0 Å². The Morgan fingerprint density at radius 2 is 1.85 bits per heavy atom. The number of benzene rings is 2. The van der Waals surface area contributed by atoms with E-state index in [-0.39, 0.29) is 11.3 Å². The van der Waals surface area contributed by atoms with E-state index in [2.05, 4.69) is 21.2 Å². The van der Waals surface area contributed by atoms with Crippen LogP contribution in [0.1, 0.15) is 10.4 Å².